The third-order valence-corrected chi connectivity index (χ3v) is 7.04. The number of nitrogens with zero attached hydrogens (tertiary/aromatic N) is 4. The fourth-order valence-corrected chi connectivity index (χ4v) is 5.68. The molecular weight excluding hydrogens is 418 g/mol. The van der Waals surface area contributed by atoms with Gasteiger partial charge in [0.1, 0.15) is 16.6 Å². The average Bonchev–Trinajstić information content (AvgIpc) is 3.30. The molecule has 1 aliphatic rings. The average molecular weight is 444 g/mol. The Kier molecular flexibility index (Phi) is 4.74. The second-order valence-electron chi connectivity index (χ2n) is 9.07. The van der Waals surface area contributed by atoms with Gasteiger partial charge >= 0.3 is 0 Å². The topological polar surface area (TPSA) is 86.7 Å². The normalized spacial score (nSPS) is 14.1. The molecule has 0 bridgehead atoms. The Morgan fingerprint density at radius 3 is 2.69 bits per heavy atom. The molecule has 3 heterocycles. The summed E-state index contributed by atoms with van der Waals surface area (Å²) in [6.45, 7) is 8.17. The molecule has 5 rings (SSSR count). The number of thiazole rings is 1. The summed E-state index contributed by atoms with van der Waals surface area (Å²) in [6, 6.07) is 12.0. The molecule has 0 radical (unpaired) electrons. The second-order valence-corrected chi connectivity index (χ2v) is 10.1. The minimum atomic E-state index is -0.193. The molecule has 3 aromatic heterocycles. The molecule has 162 valence electrons. The van der Waals surface area contributed by atoms with Gasteiger partial charge in [0.2, 0.25) is 0 Å². The van der Waals surface area contributed by atoms with Crippen LogP contribution in [0.2, 0.25) is 0 Å². The van der Waals surface area contributed by atoms with Gasteiger partial charge in [-0.2, -0.15) is 5.10 Å². The third-order valence-electron chi connectivity index (χ3n) is 5.93. The maximum atomic E-state index is 11.8. The number of para-hydroxylation sites is 1. The molecule has 0 atom stereocenters. The molecule has 0 fully saturated rings. The molecule has 2 N–H and O–H groups in total. The number of aromatic nitrogens is 4. The van der Waals surface area contributed by atoms with Crippen molar-refractivity contribution in [1.82, 2.24) is 19.7 Å². The summed E-state index contributed by atoms with van der Waals surface area (Å²) in [5, 5.41) is 6.00. The first-order valence-electron chi connectivity index (χ1n) is 10.6. The van der Waals surface area contributed by atoms with Gasteiger partial charge < -0.3 is 5.73 Å². The maximum absolute atomic E-state index is 11.8. The second kappa shape index (κ2) is 7.38. The predicted molar refractivity (Wildman–Crippen MR) is 128 cm³/mol. The van der Waals surface area contributed by atoms with Crippen LogP contribution in [0.4, 0.5) is 5.82 Å². The first-order valence-corrected chi connectivity index (χ1v) is 11.5. The molecule has 0 aliphatic heterocycles. The summed E-state index contributed by atoms with van der Waals surface area (Å²) in [5.41, 5.74) is 13.0. The van der Waals surface area contributed by atoms with Crippen molar-refractivity contribution in [3.05, 3.63) is 64.4 Å². The Labute approximate surface area is 191 Å². The number of aryl methyl sites for hydroxylation is 1. The van der Waals surface area contributed by atoms with E-state index in [0.29, 0.717) is 12.2 Å². The number of nitrogens with two attached hydrogens (primary N) is 1. The van der Waals surface area contributed by atoms with E-state index in [0.717, 1.165) is 50.2 Å². The van der Waals surface area contributed by atoms with Crippen molar-refractivity contribution < 1.29 is 4.79 Å². The Bertz CT molecular complexity index is 1350. The van der Waals surface area contributed by atoms with Crippen molar-refractivity contribution in [2.75, 3.05) is 5.73 Å². The largest absolute Gasteiger partial charge is 0.384 e. The lowest BCUT2D eigenvalue weighted by Gasteiger charge is -2.30. The van der Waals surface area contributed by atoms with Gasteiger partial charge in [0.25, 0.3) is 0 Å². The lowest BCUT2D eigenvalue weighted by molar-refractivity contribution is -0.116. The Balaban J connectivity index is 1.84. The van der Waals surface area contributed by atoms with Crippen LogP contribution in [0.25, 0.3) is 27.5 Å². The molecule has 0 amide bonds. The van der Waals surface area contributed by atoms with Crippen LogP contribution < -0.4 is 5.73 Å². The van der Waals surface area contributed by atoms with Crippen molar-refractivity contribution in [3.8, 4) is 27.5 Å². The Morgan fingerprint density at radius 2 is 2.00 bits per heavy atom. The van der Waals surface area contributed by atoms with E-state index < -0.39 is 0 Å². The number of anilines is 1. The minimum Gasteiger partial charge on any atom is -0.384 e. The van der Waals surface area contributed by atoms with E-state index in [9.17, 15) is 4.79 Å². The van der Waals surface area contributed by atoms with Crippen LogP contribution in [0.5, 0.6) is 0 Å². The quantitative estimate of drug-likeness (QED) is 0.484. The molecule has 7 heteroatoms. The van der Waals surface area contributed by atoms with Crippen LogP contribution in [0.1, 0.15) is 42.6 Å². The highest BCUT2D eigenvalue weighted by Gasteiger charge is 2.40. The van der Waals surface area contributed by atoms with Crippen molar-refractivity contribution >= 4 is 22.9 Å². The number of benzene rings is 1. The number of rotatable bonds is 4. The van der Waals surface area contributed by atoms with Gasteiger partial charge in [-0.05, 0) is 43.0 Å². The van der Waals surface area contributed by atoms with Crippen molar-refractivity contribution in [3.63, 3.8) is 0 Å². The van der Waals surface area contributed by atoms with Crippen molar-refractivity contribution in [2.45, 2.75) is 46.0 Å². The molecule has 0 spiro atoms. The monoisotopic (exact) mass is 443 g/mol. The Morgan fingerprint density at radius 1 is 1.22 bits per heavy atom. The lowest BCUT2D eigenvalue weighted by Crippen LogP contribution is -2.26. The zero-order valence-corrected chi connectivity index (χ0v) is 19.5. The number of carbonyl (C=O) groups excluding carboxylic acids is 1. The van der Waals surface area contributed by atoms with Gasteiger partial charge in [0.15, 0.2) is 0 Å². The number of pyridine rings is 1. The van der Waals surface area contributed by atoms with Gasteiger partial charge in [-0.3, -0.25) is 4.79 Å². The maximum Gasteiger partial charge on any atom is 0.136 e. The van der Waals surface area contributed by atoms with Crippen molar-refractivity contribution in [2.24, 2.45) is 0 Å². The molecule has 0 saturated heterocycles. The molecule has 4 aromatic rings. The molecule has 0 saturated carbocycles. The summed E-state index contributed by atoms with van der Waals surface area (Å²) in [6.07, 6.45) is 2.94. The summed E-state index contributed by atoms with van der Waals surface area (Å²) in [4.78, 5) is 22.1. The van der Waals surface area contributed by atoms with E-state index in [-0.39, 0.29) is 11.2 Å². The SMILES string of the molecule is CC(=O)Cc1nc2c(s1)-c1c(c(-c3ccc(N)nc3)nn1-c1ccccc1C)C(C)(C)C2. The predicted octanol–water partition coefficient (Wildman–Crippen LogP) is 4.91. The minimum absolute atomic E-state index is 0.122. The number of Topliss-reactive ketones (excluding diaryl/α,β-unsaturated/α-hetero) is 1. The first kappa shape index (κ1) is 20.6. The number of nitrogen functional groups attached to an aromatic ring is 1. The highest BCUT2D eigenvalue weighted by atomic mass is 32.1. The van der Waals surface area contributed by atoms with Crippen LogP contribution in [-0.2, 0) is 23.1 Å². The smallest absolute Gasteiger partial charge is 0.136 e. The van der Waals surface area contributed by atoms with E-state index in [4.69, 9.17) is 15.8 Å². The van der Waals surface area contributed by atoms with Crippen LogP contribution in [0.3, 0.4) is 0 Å². The molecule has 32 heavy (non-hydrogen) atoms. The zero-order chi connectivity index (χ0) is 22.6. The standard InChI is InChI=1S/C25H25N5OS/c1-14-7-5-6-8-18(14)30-23-21(22(29-30)16-9-10-19(26)27-13-16)25(3,4)12-17-24(23)32-20(28-17)11-15(2)31/h5-10,13H,11-12H2,1-4H3,(H2,26,27). The summed E-state index contributed by atoms with van der Waals surface area (Å²) in [7, 11) is 0. The van der Waals surface area contributed by atoms with Gasteiger partial charge in [-0.25, -0.2) is 14.6 Å². The number of fused-ring (bicyclic) bond motifs is 3. The fourth-order valence-electron chi connectivity index (χ4n) is 4.49. The zero-order valence-electron chi connectivity index (χ0n) is 18.6. The number of carbonyl (C=O) groups is 1. The van der Waals surface area contributed by atoms with Crippen molar-refractivity contribution in [1.29, 1.82) is 0 Å². The molecule has 6 nitrogen and oxygen atoms in total. The van der Waals surface area contributed by atoms with Crippen LogP contribution in [0.15, 0.2) is 42.6 Å². The third kappa shape index (κ3) is 3.33. The number of hydrogen-bond donors (Lipinski definition) is 1. The van der Waals surface area contributed by atoms with Gasteiger partial charge in [0, 0.05) is 23.7 Å². The van der Waals surface area contributed by atoms with E-state index in [2.05, 4.69) is 37.9 Å². The van der Waals surface area contributed by atoms with E-state index in [1.807, 2.05) is 28.9 Å². The van der Waals surface area contributed by atoms with Gasteiger partial charge in [-0.15, -0.1) is 11.3 Å². The van der Waals surface area contributed by atoms with E-state index in [1.165, 1.54) is 5.56 Å². The molecule has 1 aliphatic carbocycles. The number of hydrogen-bond acceptors (Lipinski definition) is 6. The highest BCUT2D eigenvalue weighted by molar-refractivity contribution is 7.15. The molecular formula is C25H25N5OS. The lowest BCUT2D eigenvalue weighted by atomic mass is 9.74. The summed E-state index contributed by atoms with van der Waals surface area (Å²) in [5.74, 6) is 0.607. The van der Waals surface area contributed by atoms with Gasteiger partial charge in [0.05, 0.1) is 34.1 Å². The first-order chi connectivity index (χ1) is 15.2. The van der Waals surface area contributed by atoms with Gasteiger partial charge in [-0.1, -0.05) is 32.0 Å². The number of ketones is 1. The Hall–Kier alpha value is -3.32. The van der Waals surface area contributed by atoms with Crippen LogP contribution >= 0.6 is 11.3 Å². The van der Waals surface area contributed by atoms with E-state index >= 15 is 0 Å². The molecule has 1 aromatic carbocycles. The summed E-state index contributed by atoms with van der Waals surface area (Å²) < 4.78 is 2.05. The van der Waals surface area contributed by atoms with Crippen LogP contribution in [-0.4, -0.2) is 25.5 Å². The molecule has 0 unspecified atom stereocenters. The van der Waals surface area contributed by atoms with Crippen LogP contribution in [0, 0.1) is 6.92 Å². The summed E-state index contributed by atoms with van der Waals surface area (Å²) >= 11 is 1.60. The highest BCUT2D eigenvalue weighted by Crippen LogP contribution is 2.50. The van der Waals surface area contributed by atoms with E-state index in [1.54, 1.807) is 24.5 Å². The fraction of sp³-hybridized carbons (Fsp3) is 0.280.